The first-order chi connectivity index (χ1) is 8.25. The molecule has 17 heavy (non-hydrogen) atoms. The molecule has 3 N–H and O–H groups in total. The SMILES string of the molecule is O=C(O)C1=CC(NCc2ccccn2)NC=C1. The average molecular weight is 231 g/mol. The summed E-state index contributed by atoms with van der Waals surface area (Å²) in [4.78, 5) is 15.0. The van der Waals surface area contributed by atoms with Crippen LogP contribution in [0.2, 0.25) is 0 Å². The monoisotopic (exact) mass is 231 g/mol. The van der Waals surface area contributed by atoms with Crippen molar-refractivity contribution in [1.29, 1.82) is 0 Å². The largest absolute Gasteiger partial charge is 0.478 e. The van der Waals surface area contributed by atoms with Gasteiger partial charge in [0.05, 0.1) is 17.4 Å². The van der Waals surface area contributed by atoms with E-state index in [9.17, 15) is 4.79 Å². The lowest BCUT2D eigenvalue weighted by molar-refractivity contribution is -0.132. The third-order valence-corrected chi connectivity index (χ3v) is 2.36. The molecule has 0 spiro atoms. The van der Waals surface area contributed by atoms with Gasteiger partial charge in [-0.25, -0.2) is 4.79 Å². The molecule has 1 atom stereocenters. The Hall–Kier alpha value is -2.14. The highest BCUT2D eigenvalue weighted by molar-refractivity contribution is 5.90. The Morgan fingerprint density at radius 1 is 1.53 bits per heavy atom. The topological polar surface area (TPSA) is 74.2 Å². The smallest absolute Gasteiger partial charge is 0.335 e. The van der Waals surface area contributed by atoms with Gasteiger partial charge in [0.1, 0.15) is 0 Å². The van der Waals surface area contributed by atoms with Crippen molar-refractivity contribution in [3.8, 4) is 0 Å². The van der Waals surface area contributed by atoms with Gasteiger partial charge in [-0.1, -0.05) is 6.07 Å². The number of aliphatic carboxylic acids is 1. The lowest BCUT2D eigenvalue weighted by atomic mass is 10.2. The predicted molar refractivity (Wildman–Crippen MR) is 62.9 cm³/mol. The molecule has 1 aromatic heterocycles. The highest BCUT2D eigenvalue weighted by Crippen LogP contribution is 2.04. The number of nitrogens with one attached hydrogen (secondary N) is 2. The van der Waals surface area contributed by atoms with Crippen LogP contribution in [-0.2, 0) is 11.3 Å². The van der Waals surface area contributed by atoms with E-state index in [4.69, 9.17) is 5.11 Å². The molecule has 0 aromatic carbocycles. The molecule has 0 amide bonds. The van der Waals surface area contributed by atoms with Crippen molar-refractivity contribution in [3.05, 3.63) is 54.0 Å². The number of pyridine rings is 1. The number of nitrogens with zero attached hydrogens (tertiary/aromatic N) is 1. The molecule has 1 aliphatic rings. The van der Waals surface area contributed by atoms with Crippen molar-refractivity contribution in [3.63, 3.8) is 0 Å². The Morgan fingerprint density at radius 2 is 2.41 bits per heavy atom. The summed E-state index contributed by atoms with van der Waals surface area (Å²) >= 11 is 0. The number of aromatic nitrogens is 1. The van der Waals surface area contributed by atoms with E-state index >= 15 is 0 Å². The second kappa shape index (κ2) is 5.27. The summed E-state index contributed by atoms with van der Waals surface area (Å²) in [6.07, 6.45) is 6.32. The quantitative estimate of drug-likeness (QED) is 0.708. The van der Waals surface area contributed by atoms with Crippen LogP contribution in [0.1, 0.15) is 5.69 Å². The summed E-state index contributed by atoms with van der Waals surface area (Å²) in [6, 6.07) is 5.68. The van der Waals surface area contributed by atoms with Gasteiger partial charge in [0.15, 0.2) is 0 Å². The first-order valence-electron chi connectivity index (χ1n) is 5.27. The molecule has 1 unspecified atom stereocenters. The zero-order valence-electron chi connectivity index (χ0n) is 9.13. The van der Waals surface area contributed by atoms with Gasteiger partial charge in [0.2, 0.25) is 0 Å². The number of carboxylic acid groups (broad SMARTS) is 1. The van der Waals surface area contributed by atoms with Crippen molar-refractivity contribution in [2.24, 2.45) is 0 Å². The van der Waals surface area contributed by atoms with E-state index in [2.05, 4.69) is 15.6 Å². The van der Waals surface area contributed by atoms with Crippen molar-refractivity contribution in [2.45, 2.75) is 12.7 Å². The molecule has 0 bridgehead atoms. The normalized spacial score (nSPS) is 18.4. The minimum Gasteiger partial charge on any atom is -0.478 e. The van der Waals surface area contributed by atoms with Gasteiger partial charge in [-0.2, -0.15) is 0 Å². The molecule has 2 heterocycles. The maximum Gasteiger partial charge on any atom is 0.335 e. The summed E-state index contributed by atoms with van der Waals surface area (Å²) in [6.45, 7) is 0.579. The number of dihydropyridines is 1. The molecular formula is C12H13N3O2. The maximum absolute atomic E-state index is 10.8. The molecule has 0 saturated carbocycles. The van der Waals surface area contributed by atoms with Gasteiger partial charge in [-0.3, -0.25) is 10.3 Å². The zero-order chi connectivity index (χ0) is 12.1. The Kier molecular flexibility index (Phi) is 3.52. The van der Waals surface area contributed by atoms with Crippen molar-refractivity contribution in [2.75, 3.05) is 0 Å². The van der Waals surface area contributed by atoms with E-state index in [1.807, 2.05) is 18.2 Å². The number of hydrogen-bond acceptors (Lipinski definition) is 4. The van der Waals surface area contributed by atoms with Crippen LogP contribution in [0.4, 0.5) is 0 Å². The molecule has 0 saturated heterocycles. The zero-order valence-corrected chi connectivity index (χ0v) is 9.13. The molecule has 88 valence electrons. The Labute approximate surface area is 98.9 Å². The van der Waals surface area contributed by atoms with Crippen LogP contribution in [-0.4, -0.2) is 22.2 Å². The fraction of sp³-hybridized carbons (Fsp3) is 0.167. The molecule has 5 heteroatoms. The number of rotatable bonds is 4. The summed E-state index contributed by atoms with van der Waals surface area (Å²) in [5, 5.41) is 15.0. The number of carboxylic acids is 1. The standard InChI is InChI=1S/C12H13N3O2/c16-12(17)9-4-6-14-11(7-9)15-8-10-3-1-2-5-13-10/h1-7,11,14-15H,8H2,(H,16,17). The Balaban J connectivity index is 1.93. The van der Waals surface area contributed by atoms with Crippen molar-refractivity contribution in [1.82, 2.24) is 15.6 Å². The second-order valence-electron chi connectivity index (χ2n) is 3.61. The van der Waals surface area contributed by atoms with Crippen LogP contribution in [0.5, 0.6) is 0 Å². The molecule has 1 aliphatic heterocycles. The molecule has 1 aromatic rings. The molecule has 0 fully saturated rings. The third-order valence-electron chi connectivity index (χ3n) is 2.36. The highest BCUT2D eigenvalue weighted by atomic mass is 16.4. The van der Waals surface area contributed by atoms with E-state index in [1.54, 1.807) is 18.5 Å². The first-order valence-corrected chi connectivity index (χ1v) is 5.27. The summed E-state index contributed by atoms with van der Waals surface area (Å²) in [5.41, 5.74) is 1.19. The van der Waals surface area contributed by atoms with Crippen LogP contribution < -0.4 is 10.6 Å². The number of hydrogen-bond donors (Lipinski definition) is 3. The van der Waals surface area contributed by atoms with Gasteiger partial charge in [-0.15, -0.1) is 0 Å². The van der Waals surface area contributed by atoms with E-state index in [1.165, 1.54) is 6.08 Å². The maximum atomic E-state index is 10.8. The lowest BCUT2D eigenvalue weighted by Gasteiger charge is -2.18. The highest BCUT2D eigenvalue weighted by Gasteiger charge is 2.12. The molecule has 0 radical (unpaired) electrons. The minimum atomic E-state index is -0.924. The number of carbonyl (C=O) groups is 1. The van der Waals surface area contributed by atoms with Crippen LogP contribution in [0, 0.1) is 0 Å². The minimum absolute atomic E-state index is 0.187. The van der Waals surface area contributed by atoms with E-state index < -0.39 is 5.97 Å². The van der Waals surface area contributed by atoms with Gasteiger partial charge in [-0.05, 0) is 30.5 Å². The average Bonchev–Trinajstić information content (AvgIpc) is 2.38. The summed E-state index contributed by atoms with van der Waals surface area (Å²) in [5.74, 6) is -0.924. The van der Waals surface area contributed by atoms with Gasteiger partial charge < -0.3 is 10.4 Å². The van der Waals surface area contributed by atoms with Crippen LogP contribution in [0.25, 0.3) is 0 Å². The molecular weight excluding hydrogens is 218 g/mol. The van der Waals surface area contributed by atoms with Crippen molar-refractivity contribution < 1.29 is 9.90 Å². The van der Waals surface area contributed by atoms with Gasteiger partial charge in [0.25, 0.3) is 0 Å². The Bertz CT molecular complexity index is 454. The summed E-state index contributed by atoms with van der Waals surface area (Å²) < 4.78 is 0. The van der Waals surface area contributed by atoms with Crippen LogP contribution >= 0.6 is 0 Å². The molecule has 0 aliphatic carbocycles. The van der Waals surface area contributed by atoms with Gasteiger partial charge >= 0.3 is 5.97 Å². The third kappa shape index (κ3) is 3.15. The predicted octanol–water partition coefficient (Wildman–Crippen LogP) is 0.625. The fourth-order valence-corrected chi connectivity index (χ4v) is 1.50. The van der Waals surface area contributed by atoms with E-state index in [-0.39, 0.29) is 11.7 Å². The first kappa shape index (κ1) is 11.3. The van der Waals surface area contributed by atoms with Gasteiger partial charge in [0, 0.05) is 12.7 Å². The Morgan fingerprint density at radius 3 is 3.12 bits per heavy atom. The van der Waals surface area contributed by atoms with Crippen molar-refractivity contribution >= 4 is 5.97 Å². The lowest BCUT2D eigenvalue weighted by Crippen LogP contribution is -2.39. The summed E-state index contributed by atoms with van der Waals surface area (Å²) in [7, 11) is 0. The molecule has 2 rings (SSSR count). The molecule has 5 nitrogen and oxygen atoms in total. The van der Waals surface area contributed by atoms with E-state index in [0.29, 0.717) is 6.54 Å². The fourth-order valence-electron chi connectivity index (χ4n) is 1.50. The van der Waals surface area contributed by atoms with Crippen LogP contribution in [0.15, 0.2) is 48.3 Å². The second-order valence-corrected chi connectivity index (χ2v) is 3.61. The van der Waals surface area contributed by atoms with E-state index in [0.717, 1.165) is 5.69 Å². The van der Waals surface area contributed by atoms with Crippen LogP contribution in [0.3, 0.4) is 0 Å².